The fraction of sp³-hybridized carbons (Fsp3) is 0.0909. The van der Waals surface area contributed by atoms with Gasteiger partial charge < -0.3 is 10.6 Å². The first-order chi connectivity index (χ1) is 8.20. The summed E-state index contributed by atoms with van der Waals surface area (Å²) in [7, 11) is 1.76. The summed E-state index contributed by atoms with van der Waals surface area (Å²) < 4.78 is 14.2. The molecular formula is C11H10BrFN4. The van der Waals surface area contributed by atoms with E-state index >= 15 is 0 Å². The highest BCUT2D eigenvalue weighted by Crippen LogP contribution is 2.27. The molecule has 0 atom stereocenters. The number of anilines is 3. The topological polar surface area (TPSA) is 49.8 Å². The molecule has 4 nitrogen and oxygen atoms in total. The number of nitrogens with zero attached hydrogens (tertiary/aromatic N) is 2. The summed E-state index contributed by atoms with van der Waals surface area (Å²) in [4.78, 5) is 7.99. The van der Waals surface area contributed by atoms with Crippen LogP contribution >= 0.6 is 15.9 Å². The summed E-state index contributed by atoms with van der Waals surface area (Å²) in [5.41, 5.74) is 0.355. The zero-order valence-electron chi connectivity index (χ0n) is 9.04. The van der Waals surface area contributed by atoms with Gasteiger partial charge in [0.25, 0.3) is 0 Å². The molecule has 0 saturated carbocycles. The van der Waals surface area contributed by atoms with E-state index in [1.807, 2.05) is 0 Å². The van der Waals surface area contributed by atoms with E-state index in [1.165, 1.54) is 12.4 Å². The van der Waals surface area contributed by atoms with Crippen molar-refractivity contribution in [3.05, 3.63) is 40.9 Å². The molecular weight excluding hydrogens is 287 g/mol. The fourth-order valence-corrected chi connectivity index (χ4v) is 1.75. The number of hydrogen-bond acceptors (Lipinski definition) is 4. The van der Waals surface area contributed by atoms with Gasteiger partial charge in [0, 0.05) is 17.6 Å². The number of nitrogens with one attached hydrogen (secondary N) is 2. The van der Waals surface area contributed by atoms with Crippen molar-refractivity contribution in [2.45, 2.75) is 0 Å². The van der Waals surface area contributed by atoms with E-state index < -0.39 is 0 Å². The van der Waals surface area contributed by atoms with Crippen LogP contribution in [-0.2, 0) is 0 Å². The Morgan fingerprint density at radius 2 is 2.00 bits per heavy atom. The van der Waals surface area contributed by atoms with Crippen molar-refractivity contribution in [2.24, 2.45) is 0 Å². The quantitative estimate of drug-likeness (QED) is 0.913. The van der Waals surface area contributed by atoms with E-state index in [-0.39, 0.29) is 5.82 Å². The summed E-state index contributed by atoms with van der Waals surface area (Å²) in [6, 6.07) is 6.46. The third kappa shape index (κ3) is 2.71. The molecule has 0 aliphatic carbocycles. The van der Waals surface area contributed by atoms with Gasteiger partial charge in [0.1, 0.15) is 23.8 Å². The molecule has 2 rings (SSSR count). The molecule has 0 radical (unpaired) electrons. The van der Waals surface area contributed by atoms with Gasteiger partial charge in [-0.15, -0.1) is 0 Å². The predicted octanol–water partition coefficient (Wildman–Crippen LogP) is 3.16. The second-order valence-corrected chi connectivity index (χ2v) is 4.11. The van der Waals surface area contributed by atoms with Gasteiger partial charge in [0.15, 0.2) is 0 Å². The average Bonchev–Trinajstić information content (AvgIpc) is 2.34. The van der Waals surface area contributed by atoms with Crippen molar-refractivity contribution in [3.8, 4) is 0 Å². The number of para-hydroxylation sites is 1. The van der Waals surface area contributed by atoms with Gasteiger partial charge in [0.2, 0.25) is 0 Å². The molecule has 0 aliphatic rings. The molecule has 0 fully saturated rings. The Morgan fingerprint density at radius 1 is 1.24 bits per heavy atom. The zero-order valence-corrected chi connectivity index (χ0v) is 10.6. The molecule has 0 aliphatic heterocycles. The van der Waals surface area contributed by atoms with Gasteiger partial charge >= 0.3 is 0 Å². The van der Waals surface area contributed by atoms with Crippen molar-refractivity contribution in [1.29, 1.82) is 0 Å². The average molecular weight is 297 g/mol. The third-order valence-electron chi connectivity index (χ3n) is 2.14. The maximum absolute atomic E-state index is 13.6. The van der Waals surface area contributed by atoms with Gasteiger partial charge in [-0.05, 0) is 28.1 Å². The standard InChI is InChI=1S/C11H10BrFN4/c1-14-9-5-10(16-6-15-9)17-11-7(12)3-2-4-8(11)13/h2-6H,1H3,(H2,14,15,16,17). The fourth-order valence-electron chi connectivity index (χ4n) is 1.31. The summed E-state index contributed by atoms with van der Waals surface area (Å²) in [5.74, 6) is 0.842. The molecule has 2 N–H and O–H groups in total. The lowest BCUT2D eigenvalue weighted by molar-refractivity contribution is 0.631. The van der Waals surface area contributed by atoms with E-state index in [4.69, 9.17) is 0 Å². The SMILES string of the molecule is CNc1cc(Nc2c(F)cccc2Br)ncn1. The summed E-state index contributed by atoms with van der Waals surface area (Å²) >= 11 is 3.28. The molecule has 0 amide bonds. The number of rotatable bonds is 3. The molecule has 17 heavy (non-hydrogen) atoms. The van der Waals surface area contributed by atoms with Gasteiger partial charge in [-0.1, -0.05) is 6.07 Å². The van der Waals surface area contributed by atoms with Gasteiger partial charge in [-0.2, -0.15) is 0 Å². The number of aromatic nitrogens is 2. The molecule has 1 heterocycles. The molecule has 0 spiro atoms. The van der Waals surface area contributed by atoms with Crippen LogP contribution in [0.25, 0.3) is 0 Å². The maximum Gasteiger partial charge on any atom is 0.147 e. The number of halogens is 2. The van der Waals surface area contributed by atoms with Crippen molar-refractivity contribution < 1.29 is 4.39 Å². The monoisotopic (exact) mass is 296 g/mol. The summed E-state index contributed by atoms with van der Waals surface area (Å²) in [6.07, 6.45) is 1.41. The van der Waals surface area contributed by atoms with E-state index in [2.05, 4.69) is 36.5 Å². The molecule has 6 heteroatoms. The van der Waals surface area contributed by atoms with Crippen molar-refractivity contribution >= 4 is 33.3 Å². The molecule has 0 saturated heterocycles. The van der Waals surface area contributed by atoms with Crippen molar-refractivity contribution in [1.82, 2.24) is 9.97 Å². The summed E-state index contributed by atoms with van der Waals surface area (Å²) in [6.45, 7) is 0. The maximum atomic E-state index is 13.6. The van der Waals surface area contributed by atoms with E-state index in [0.29, 0.717) is 21.8 Å². The van der Waals surface area contributed by atoms with Crippen LogP contribution in [0.5, 0.6) is 0 Å². The van der Waals surface area contributed by atoms with Crippen LogP contribution in [-0.4, -0.2) is 17.0 Å². The van der Waals surface area contributed by atoms with Gasteiger partial charge in [-0.3, -0.25) is 0 Å². The molecule has 88 valence electrons. The first-order valence-corrected chi connectivity index (χ1v) is 5.71. The minimum atomic E-state index is -0.344. The molecule has 1 aromatic heterocycles. The van der Waals surface area contributed by atoms with E-state index in [1.54, 1.807) is 25.2 Å². The minimum Gasteiger partial charge on any atom is -0.373 e. The Balaban J connectivity index is 2.31. The lowest BCUT2D eigenvalue weighted by Gasteiger charge is -2.09. The highest BCUT2D eigenvalue weighted by atomic mass is 79.9. The van der Waals surface area contributed by atoms with Crippen molar-refractivity contribution in [2.75, 3.05) is 17.7 Å². The van der Waals surface area contributed by atoms with Crippen LogP contribution in [0.3, 0.4) is 0 Å². The van der Waals surface area contributed by atoms with Crippen molar-refractivity contribution in [3.63, 3.8) is 0 Å². The molecule has 0 bridgehead atoms. The smallest absolute Gasteiger partial charge is 0.147 e. The van der Waals surface area contributed by atoms with Crippen LogP contribution in [0.2, 0.25) is 0 Å². The zero-order chi connectivity index (χ0) is 12.3. The first-order valence-electron chi connectivity index (χ1n) is 4.91. The Labute approximate surface area is 106 Å². The Bertz CT molecular complexity index is 512. The second-order valence-electron chi connectivity index (χ2n) is 3.26. The van der Waals surface area contributed by atoms with E-state index in [0.717, 1.165) is 0 Å². The third-order valence-corrected chi connectivity index (χ3v) is 2.80. The molecule has 0 unspecified atom stereocenters. The Hall–Kier alpha value is -1.69. The molecule has 2 aromatic rings. The van der Waals surface area contributed by atoms with Crippen LogP contribution in [0, 0.1) is 5.82 Å². The Morgan fingerprint density at radius 3 is 2.71 bits per heavy atom. The Kier molecular flexibility index (Phi) is 3.53. The van der Waals surface area contributed by atoms with Crippen LogP contribution < -0.4 is 10.6 Å². The highest BCUT2D eigenvalue weighted by Gasteiger charge is 2.07. The van der Waals surface area contributed by atoms with Crippen LogP contribution in [0.1, 0.15) is 0 Å². The number of hydrogen-bond donors (Lipinski definition) is 2. The normalized spacial score (nSPS) is 10.1. The lowest BCUT2D eigenvalue weighted by Crippen LogP contribution is -2.00. The largest absolute Gasteiger partial charge is 0.373 e. The summed E-state index contributed by atoms with van der Waals surface area (Å²) in [5, 5.41) is 5.79. The van der Waals surface area contributed by atoms with Gasteiger partial charge in [-0.25, -0.2) is 14.4 Å². The van der Waals surface area contributed by atoms with Crippen LogP contribution in [0.4, 0.5) is 21.7 Å². The van der Waals surface area contributed by atoms with Gasteiger partial charge in [0.05, 0.1) is 5.69 Å². The second kappa shape index (κ2) is 5.09. The number of benzene rings is 1. The molecule has 1 aromatic carbocycles. The lowest BCUT2D eigenvalue weighted by atomic mass is 10.3. The highest BCUT2D eigenvalue weighted by molar-refractivity contribution is 9.10. The van der Waals surface area contributed by atoms with E-state index in [9.17, 15) is 4.39 Å². The predicted molar refractivity (Wildman–Crippen MR) is 69.0 cm³/mol. The van der Waals surface area contributed by atoms with Crippen LogP contribution in [0.15, 0.2) is 35.1 Å². The first kappa shape index (κ1) is 11.8. The minimum absolute atomic E-state index is 0.344.